The van der Waals surface area contributed by atoms with E-state index in [1.165, 1.54) is 21.3 Å². The third kappa shape index (κ3) is 4.42. The highest BCUT2D eigenvalue weighted by Gasteiger charge is 2.29. The lowest BCUT2D eigenvalue weighted by atomic mass is 10.3. The number of carbonyl (C=O) groups excluding carboxylic acids is 1. The highest BCUT2D eigenvalue weighted by atomic mass is 32.2. The first kappa shape index (κ1) is 19.2. The van der Waals surface area contributed by atoms with Crippen molar-refractivity contribution < 1.29 is 22.0 Å². The van der Waals surface area contributed by atoms with Crippen molar-refractivity contribution in [3.05, 3.63) is 60.2 Å². The number of nitrogens with one attached hydrogen (secondary N) is 1. The highest BCUT2D eigenvalue weighted by molar-refractivity contribution is 7.89. The van der Waals surface area contributed by atoms with Crippen LogP contribution in [0.4, 0.5) is 14.5 Å². The molecule has 6 nitrogen and oxygen atoms in total. The molecule has 1 saturated heterocycles. The second kappa shape index (κ2) is 8.01. The number of sulfonamides is 1. The minimum absolute atomic E-state index is 0.0892. The summed E-state index contributed by atoms with van der Waals surface area (Å²) in [7, 11) is -3.59. The van der Waals surface area contributed by atoms with Crippen LogP contribution in [0.15, 0.2) is 53.4 Å². The summed E-state index contributed by atoms with van der Waals surface area (Å²) in [6, 6.07) is 11.1. The highest BCUT2D eigenvalue weighted by Crippen LogP contribution is 2.18. The van der Waals surface area contributed by atoms with Gasteiger partial charge in [-0.15, -0.1) is 0 Å². The molecule has 0 radical (unpaired) electrons. The van der Waals surface area contributed by atoms with Crippen LogP contribution in [0.25, 0.3) is 0 Å². The molecule has 2 aromatic carbocycles. The summed E-state index contributed by atoms with van der Waals surface area (Å²) in [5.41, 5.74) is -0.0892. The maximum atomic E-state index is 13.6. The summed E-state index contributed by atoms with van der Waals surface area (Å²) < 4.78 is 53.2. The van der Waals surface area contributed by atoms with Crippen molar-refractivity contribution in [3.63, 3.8) is 0 Å². The van der Waals surface area contributed by atoms with E-state index in [1.807, 2.05) is 0 Å². The van der Waals surface area contributed by atoms with Crippen LogP contribution in [0.2, 0.25) is 0 Å². The summed E-state index contributed by atoms with van der Waals surface area (Å²) in [6.07, 6.45) is 0. The number of hydrogen-bond donors (Lipinski definition) is 1. The number of nitrogens with zero attached hydrogens (tertiary/aromatic N) is 2. The van der Waals surface area contributed by atoms with Gasteiger partial charge in [-0.3, -0.25) is 4.79 Å². The first-order valence-corrected chi connectivity index (χ1v) is 9.84. The van der Waals surface area contributed by atoms with Crippen LogP contribution in [0.1, 0.15) is 0 Å². The quantitative estimate of drug-likeness (QED) is 0.840. The molecule has 144 valence electrons. The summed E-state index contributed by atoms with van der Waals surface area (Å²) in [5, 5.41) is 2.58. The Morgan fingerprint density at radius 2 is 1.67 bits per heavy atom. The molecular weight excluding hydrogens is 376 g/mol. The molecule has 2 aromatic rings. The second-order valence-electron chi connectivity index (χ2n) is 6.08. The average Bonchev–Trinajstić information content (AvgIpc) is 2.69. The fraction of sp³-hybridized carbons (Fsp3) is 0.278. The smallest absolute Gasteiger partial charge is 0.243 e. The Hall–Kier alpha value is -2.52. The van der Waals surface area contributed by atoms with Gasteiger partial charge >= 0.3 is 0 Å². The number of amides is 1. The zero-order chi connectivity index (χ0) is 19.4. The predicted molar refractivity (Wildman–Crippen MR) is 96.6 cm³/mol. The number of piperazine rings is 1. The topological polar surface area (TPSA) is 69.7 Å². The van der Waals surface area contributed by atoms with Gasteiger partial charge in [-0.25, -0.2) is 17.2 Å². The first-order chi connectivity index (χ1) is 12.9. The molecule has 3 rings (SSSR count). The molecule has 1 amide bonds. The third-order valence-corrected chi connectivity index (χ3v) is 6.24. The van der Waals surface area contributed by atoms with Crippen molar-refractivity contribution in [3.8, 4) is 0 Å². The van der Waals surface area contributed by atoms with Gasteiger partial charge in [0.25, 0.3) is 0 Å². The Balaban J connectivity index is 1.56. The van der Waals surface area contributed by atoms with Crippen LogP contribution in [0.3, 0.4) is 0 Å². The van der Waals surface area contributed by atoms with Crippen molar-refractivity contribution in [1.29, 1.82) is 0 Å². The number of halogens is 2. The van der Waals surface area contributed by atoms with Crippen molar-refractivity contribution >= 4 is 21.6 Å². The van der Waals surface area contributed by atoms with Crippen LogP contribution < -0.4 is 5.32 Å². The molecule has 0 aliphatic carbocycles. The Kier molecular flexibility index (Phi) is 5.71. The van der Waals surface area contributed by atoms with Crippen LogP contribution in [-0.4, -0.2) is 56.3 Å². The van der Waals surface area contributed by atoms with Gasteiger partial charge in [-0.1, -0.05) is 18.2 Å². The van der Waals surface area contributed by atoms with Gasteiger partial charge in [0.15, 0.2) is 0 Å². The standard InChI is InChI=1S/C18H19F2N3O3S/c19-14-6-7-16(20)17(12-14)21-13-18(24)22-8-10-23(11-9-22)27(25,26)15-4-2-1-3-5-15/h1-7,12,21H,8-11,13H2. The normalized spacial score (nSPS) is 15.6. The van der Waals surface area contributed by atoms with Crippen molar-refractivity contribution in [2.24, 2.45) is 0 Å². The molecule has 1 fully saturated rings. The van der Waals surface area contributed by atoms with Crippen molar-refractivity contribution in [1.82, 2.24) is 9.21 Å². The van der Waals surface area contributed by atoms with E-state index in [2.05, 4.69) is 5.32 Å². The number of anilines is 1. The second-order valence-corrected chi connectivity index (χ2v) is 8.01. The van der Waals surface area contributed by atoms with E-state index in [9.17, 15) is 22.0 Å². The molecule has 0 unspecified atom stereocenters. The van der Waals surface area contributed by atoms with Crippen LogP contribution in [0.5, 0.6) is 0 Å². The van der Waals surface area contributed by atoms with Crippen LogP contribution in [-0.2, 0) is 14.8 Å². The summed E-state index contributed by atoms with van der Waals surface area (Å²) in [4.78, 5) is 14.0. The SMILES string of the molecule is O=C(CNc1cc(F)ccc1F)N1CCN(S(=O)(=O)c2ccccc2)CC1. The van der Waals surface area contributed by atoms with Crippen molar-refractivity contribution in [2.45, 2.75) is 4.90 Å². The Bertz CT molecular complexity index is 915. The van der Waals surface area contributed by atoms with E-state index in [0.717, 1.165) is 18.2 Å². The zero-order valence-electron chi connectivity index (χ0n) is 14.4. The summed E-state index contributed by atoms with van der Waals surface area (Å²) in [6.45, 7) is 0.622. The van der Waals surface area contributed by atoms with E-state index in [1.54, 1.807) is 18.2 Å². The van der Waals surface area contributed by atoms with Gasteiger partial charge in [0.1, 0.15) is 11.6 Å². The van der Waals surface area contributed by atoms with Gasteiger partial charge in [0.05, 0.1) is 17.1 Å². The Labute approximate surface area is 156 Å². The molecular formula is C18H19F2N3O3S. The van der Waals surface area contributed by atoms with Gasteiger partial charge in [-0.2, -0.15) is 4.31 Å². The number of hydrogen-bond acceptors (Lipinski definition) is 4. The first-order valence-electron chi connectivity index (χ1n) is 8.40. The molecule has 0 atom stereocenters. The minimum atomic E-state index is -3.59. The van der Waals surface area contributed by atoms with E-state index in [4.69, 9.17) is 0 Å². The van der Waals surface area contributed by atoms with E-state index in [-0.39, 0.29) is 49.2 Å². The largest absolute Gasteiger partial charge is 0.374 e. The lowest BCUT2D eigenvalue weighted by Crippen LogP contribution is -2.51. The van der Waals surface area contributed by atoms with Gasteiger partial charge in [0, 0.05) is 26.2 Å². The fourth-order valence-electron chi connectivity index (χ4n) is 2.84. The lowest BCUT2D eigenvalue weighted by Gasteiger charge is -2.34. The molecule has 1 N–H and O–H groups in total. The van der Waals surface area contributed by atoms with E-state index >= 15 is 0 Å². The average molecular weight is 395 g/mol. The number of carbonyl (C=O) groups is 1. The molecule has 9 heteroatoms. The molecule has 0 aromatic heterocycles. The van der Waals surface area contributed by atoms with Gasteiger partial charge < -0.3 is 10.2 Å². The minimum Gasteiger partial charge on any atom is -0.374 e. The predicted octanol–water partition coefficient (Wildman–Crippen LogP) is 1.91. The Morgan fingerprint density at radius 1 is 1.00 bits per heavy atom. The number of rotatable bonds is 5. The maximum absolute atomic E-state index is 13.6. The zero-order valence-corrected chi connectivity index (χ0v) is 15.3. The summed E-state index contributed by atoms with van der Waals surface area (Å²) in [5.74, 6) is -1.57. The van der Waals surface area contributed by atoms with Crippen molar-refractivity contribution in [2.75, 3.05) is 38.0 Å². The molecule has 1 heterocycles. The molecule has 1 aliphatic heterocycles. The van der Waals surface area contributed by atoms with Crippen LogP contribution >= 0.6 is 0 Å². The third-order valence-electron chi connectivity index (χ3n) is 4.33. The maximum Gasteiger partial charge on any atom is 0.243 e. The molecule has 0 bridgehead atoms. The fourth-order valence-corrected chi connectivity index (χ4v) is 4.28. The van der Waals surface area contributed by atoms with Gasteiger partial charge in [-0.05, 0) is 30.3 Å². The molecule has 0 spiro atoms. The number of benzene rings is 2. The van der Waals surface area contributed by atoms with E-state index in [0.29, 0.717) is 0 Å². The molecule has 0 saturated carbocycles. The Morgan fingerprint density at radius 3 is 2.33 bits per heavy atom. The lowest BCUT2D eigenvalue weighted by molar-refractivity contribution is -0.130. The summed E-state index contributed by atoms with van der Waals surface area (Å²) >= 11 is 0. The molecule has 27 heavy (non-hydrogen) atoms. The monoisotopic (exact) mass is 395 g/mol. The van der Waals surface area contributed by atoms with Crippen LogP contribution in [0, 0.1) is 11.6 Å². The molecule has 1 aliphatic rings. The van der Waals surface area contributed by atoms with Gasteiger partial charge in [0.2, 0.25) is 15.9 Å². The van der Waals surface area contributed by atoms with E-state index < -0.39 is 21.7 Å².